The van der Waals surface area contributed by atoms with Crippen molar-refractivity contribution in [2.75, 3.05) is 45.9 Å². The topological polar surface area (TPSA) is 71.0 Å². The van der Waals surface area contributed by atoms with Gasteiger partial charge in [-0.1, -0.05) is 12.1 Å². The van der Waals surface area contributed by atoms with Gasteiger partial charge in [0.05, 0.1) is 13.2 Å². The zero-order valence-corrected chi connectivity index (χ0v) is 18.9. The Hall–Kier alpha value is -2.80. The Kier molecular flexibility index (Phi) is 9.94. The maximum atomic E-state index is 5.99. The molecule has 0 radical (unpaired) electrons. The highest BCUT2D eigenvalue weighted by atomic mass is 16.5. The number of anilines is 1. The lowest BCUT2D eigenvalue weighted by molar-refractivity contribution is 0.171. The van der Waals surface area contributed by atoms with Crippen molar-refractivity contribution in [3.8, 4) is 5.75 Å². The number of benzene rings is 1. The molecule has 2 N–H and O–H groups in total. The molecule has 7 nitrogen and oxygen atoms in total. The SMILES string of the molecule is CCNC(=NCc1ccnc(N(C)C)c1)NCc1ccc(C)cc1OCCCOC. The summed E-state index contributed by atoms with van der Waals surface area (Å²) in [6.07, 6.45) is 2.68. The van der Waals surface area contributed by atoms with Crippen LogP contribution >= 0.6 is 0 Å². The minimum atomic E-state index is 0.576. The van der Waals surface area contributed by atoms with Crippen molar-refractivity contribution < 1.29 is 9.47 Å². The monoisotopic (exact) mass is 413 g/mol. The second-order valence-electron chi connectivity index (χ2n) is 7.27. The lowest BCUT2D eigenvalue weighted by atomic mass is 10.1. The molecule has 1 aromatic heterocycles. The number of hydrogen-bond acceptors (Lipinski definition) is 5. The third-order valence-electron chi connectivity index (χ3n) is 4.45. The van der Waals surface area contributed by atoms with Gasteiger partial charge < -0.3 is 25.0 Å². The lowest BCUT2D eigenvalue weighted by Gasteiger charge is -2.16. The van der Waals surface area contributed by atoms with Gasteiger partial charge in [0.2, 0.25) is 0 Å². The molecular weight excluding hydrogens is 378 g/mol. The minimum absolute atomic E-state index is 0.576. The molecule has 0 aliphatic carbocycles. The van der Waals surface area contributed by atoms with Crippen LogP contribution in [0, 0.1) is 6.92 Å². The summed E-state index contributed by atoms with van der Waals surface area (Å²) in [6, 6.07) is 10.3. The Morgan fingerprint density at radius 1 is 1.13 bits per heavy atom. The van der Waals surface area contributed by atoms with Crippen LogP contribution in [0.25, 0.3) is 0 Å². The predicted molar refractivity (Wildman–Crippen MR) is 123 cm³/mol. The fourth-order valence-corrected chi connectivity index (χ4v) is 2.82. The molecule has 0 spiro atoms. The first-order chi connectivity index (χ1) is 14.5. The van der Waals surface area contributed by atoms with E-state index in [-0.39, 0.29) is 0 Å². The summed E-state index contributed by atoms with van der Waals surface area (Å²) in [6.45, 7) is 7.46. The highest BCUT2D eigenvalue weighted by Gasteiger charge is 2.07. The molecule has 0 fully saturated rings. The van der Waals surface area contributed by atoms with E-state index in [9.17, 15) is 0 Å². The summed E-state index contributed by atoms with van der Waals surface area (Å²) in [4.78, 5) is 11.1. The van der Waals surface area contributed by atoms with Gasteiger partial charge in [0.25, 0.3) is 0 Å². The molecule has 30 heavy (non-hydrogen) atoms. The zero-order chi connectivity index (χ0) is 21.8. The minimum Gasteiger partial charge on any atom is -0.493 e. The van der Waals surface area contributed by atoms with Crippen molar-refractivity contribution in [3.05, 3.63) is 53.2 Å². The van der Waals surface area contributed by atoms with Crippen LogP contribution in [0.5, 0.6) is 5.75 Å². The van der Waals surface area contributed by atoms with Gasteiger partial charge in [0.1, 0.15) is 11.6 Å². The van der Waals surface area contributed by atoms with E-state index in [2.05, 4.69) is 53.7 Å². The number of aryl methyl sites for hydroxylation is 1. The summed E-state index contributed by atoms with van der Waals surface area (Å²) in [7, 11) is 5.67. The van der Waals surface area contributed by atoms with Gasteiger partial charge in [-0.2, -0.15) is 0 Å². The second-order valence-corrected chi connectivity index (χ2v) is 7.27. The fraction of sp³-hybridized carbons (Fsp3) is 0.478. The maximum absolute atomic E-state index is 5.99. The van der Waals surface area contributed by atoms with Crippen LogP contribution in [-0.4, -0.2) is 51.9 Å². The molecule has 0 saturated carbocycles. The van der Waals surface area contributed by atoms with Gasteiger partial charge in [-0.05, 0) is 43.2 Å². The highest BCUT2D eigenvalue weighted by molar-refractivity contribution is 5.79. The van der Waals surface area contributed by atoms with Crippen molar-refractivity contribution in [1.82, 2.24) is 15.6 Å². The van der Waals surface area contributed by atoms with Crippen LogP contribution < -0.4 is 20.3 Å². The maximum Gasteiger partial charge on any atom is 0.191 e. The molecular formula is C23H35N5O2. The summed E-state index contributed by atoms with van der Waals surface area (Å²) in [5, 5.41) is 6.72. The quantitative estimate of drug-likeness (QED) is 0.335. The number of aromatic nitrogens is 1. The average Bonchev–Trinajstić information content (AvgIpc) is 2.74. The van der Waals surface area contributed by atoms with Crippen LogP contribution in [0.15, 0.2) is 41.5 Å². The van der Waals surface area contributed by atoms with E-state index in [0.717, 1.165) is 41.6 Å². The summed E-state index contributed by atoms with van der Waals surface area (Å²) in [5.74, 6) is 2.60. The van der Waals surface area contributed by atoms with Gasteiger partial charge in [0.15, 0.2) is 5.96 Å². The van der Waals surface area contributed by atoms with Gasteiger partial charge in [0, 0.05) is 59.1 Å². The second kappa shape index (κ2) is 12.7. The number of ether oxygens (including phenoxy) is 2. The molecule has 0 aliphatic heterocycles. The van der Waals surface area contributed by atoms with Crippen molar-refractivity contribution in [2.24, 2.45) is 4.99 Å². The molecule has 0 amide bonds. The molecule has 0 atom stereocenters. The number of hydrogen-bond donors (Lipinski definition) is 2. The molecule has 0 unspecified atom stereocenters. The Balaban J connectivity index is 2.03. The van der Waals surface area contributed by atoms with Crippen molar-refractivity contribution in [2.45, 2.75) is 33.4 Å². The van der Waals surface area contributed by atoms with Crippen LogP contribution in [0.2, 0.25) is 0 Å². The first kappa shape index (κ1) is 23.5. The number of pyridine rings is 1. The Morgan fingerprint density at radius 2 is 1.97 bits per heavy atom. The smallest absolute Gasteiger partial charge is 0.191 e. The van der Waals surface area contributed by atoms with E-state index in [1.807, 2.05) is 31.3 Å². The van der Waals surface area contributed by atoms with Gasteiger partial charge in [-0.15, -0.1) is 0 Å². The first-order valence-corrected chi connectivity index (χ1v) is 10.4. The molecule has 0 saturated heterocycles. The highest BCUT2D eigenvalue weighted by Crippen LogP contribution is 2.20. The Labute approximate surface area is 180 Å². The average molecular weight is 414 g/mol. The number of methoxy groups -OCH3 is 1. The zero-order valence-electron chi connectivity index (χ0n) is 18.9. The largest absolute Gasteiger partial charge is 0.493 e. The molecule has 1 aromatic carbocycles. The van der Waals surface area contributed by atoms with E-state index in [1.54, 1.807) is 7.11 Å². The van der Waals surface area contributed by atoms with Gasteiger partial charge >= 0.3 is 0 Å². The predicted octanol–water partition coefficient (Wildman–Crippen LogP) is 3.13. The molecule has 0 bridgehead atoms. The summed E-state index contributed by atoms with van der Waals surface area (Å²) < 4.78 is 11.1. The third-order valence-corrected chi connectivity index (χ3v) is 4.45. The van der Waals surface area contributed by atoms with Crippen LogP contribution in [0.4, 0.5) is 5.82 Å². The van der Waals surface area contributed by atoms with Crippen LogP contribution in [0.3, 0.4) is 0 Å². The van der Waals surface area contributed by atoms with Crippen molar-refractivity contribution in [1.29, 1.82) is 0 Å². The van der Waals surface area contributed by atoms with Crippen LogP contribution in [-0.2, 0) is 17.8 Å². The Morgan fingerprint density at radius 3 is 2.70 bits per heavy atom. The molecule has 0 aliphatic rings. The molecule has 2 rings (SSSR count). The summed E-state index contributed by atoms with van der Waals surface area (Å²) >= 11 is 0. The lowest BCUT2D eigenvalue weighted by Crippen LogP contribution is -2.36. The van der Waals surface area contributed by atoms with Gasteiger partial charge in [-0.3, -0.25) is 0 Å². The van der Waals surface area contributed by atoms with Crippen LogP contribution in [0.1, 0.15) is 30.0 Å². The fourth-order valence-electron chi connectivity index (χ4n) is 2.82. The normalized spacial score (nSPS) is 11.3. The van der Waals surface area contributed by atoms with E-state index in [0.29, 0.717) is 26.3 Å². The van der Waals surface area contributed by atoms with E-state index in [4.69, 9.17) is 14.5 Å². The van der Waals surface area contributed by atoms with E-state index < -0.39 is 0 Å². The van der Waals surface area contributed by atoms with Crippen molar-refractivity contribution >= 4 is 11.8 Å². The molecule has 7 heteroatoms. The molecule has 1 heterocycles. The number of rotatable bonds is 11. The number of guanidine groups is 1. The third kappa shape index (κ3) is 7.91. The molecule has 2 aromatic rings. The Bertz CT molecular complexity index is 808. The van der Waals surface area contributed by atoms with E-state index >= 15 is 0 Å². The first-order valence-electron chi connectivity index (χ1n) is 10.4. The summed E-state index contributed by atoms with van der Waals surface area (Å²) in [5.41, 5.74) is 3.39. The van der Waals surface area contributed by atoms with Crippen molar-refractivity contribution in [3.63, 3.8) is 0 Å². The number of aliphatic imine (C=N–C) groups is 1. The van der Waals surface area contributed by atoms with Gasteiger partial charge in [-0.25, -0.2) is 9.98 Å². The molecule has 164 valence electrons. The number of nitrogens with zero attached hydrogens (tertiary/aromatic N) is 3. The number of nitrogens with one attached hydrogen (secondary N) is 2. The van der Waals surface area contributed by atoms with E-state index in [1.165, 1.54) is 5.56 Å². The standard InChI is InChI=1S/C23H35N5O2/c1-6-24-23(26-16-19-10-11-25-22(15-19)28(3)4)27-17-20-9-8-18(2)14-21(20)30-13-7-12-29-5/h8-11,14-15H,6-7,12-13,16-17H2,1-5H3,(H2,24,26,27).